The molecule has 3 aromatic heterocycles. The zero-order valence-corrected chi connectivity index (χ0v) is 27.6. The van der Waals surface area contributed by atoms with Gasteiger partial charge >= 0.3 is 0 Å². The molecule has 0 fully saturated rings. The van der Waals surface area contributed by atoms with Gasteiger partial charge in [-0.05, 0) is 76.9 Å². The normalized spacial score (nSPS) is 11.9. The van der Waals surface area contributed by atoms with E-state index in [0.29, 0.717) is 0 Å². The molecule has 0 aliphatic rings. The van der Waals surface area contributed by atoms with Crippen molar-refractivity contribution >= 4 is 65.6 Å². The summed E-state index contributed by atoms with van der Waals surface area (Å²) in [6.45, 7) is 0. The molecule has 0 N–H and O–H groups in total. The van der Waals surface area contributed by atoms with Gasteiger partial charge in [0, 0.05) is 38.0 Å². The van der Waals surface area contributed by atoms with Gasteiger partial charge in [-0.15, -0.1) is 0 Å². The van der Waals surface area contributed by atoms with Crippen LogP contribution in [-0.4, -0.2) is 9.13 Å². The summed E-state index contributed by atoms with van der Waals surface area (Å²) in [6, 6.07) is 65.5. The molecule has 0 spiro atoms. The first-order valence-electron chi connectivity index (χ1n) is 17.4. The van der Waals surface area contributed by atoms with Gasteiger partial charge in [0.1, 0.15) is 5.58 Å². The summed E-state index contributed by atoms with van der Waals surface area (Å²) in [5.74, 6) is 0. The maximum Gasteiger partial charge on any atom is 0.159 e. The Hall–Kier alpha value is -6.84. The van der Waals surface area contributed by atoms with Gasteiger partial charge < -0.3 is 13.6 Å². The Morgan fingerprint density at radius 3 is 1.80 bits per heavy atom. The fourth-order valence-corrected chi connectivity index (χ4v) is 8.36. The average Bonchev–Trinajstić information content (AvgIpc) is 3.86. The summed E-state index contributed by atoms with van der Waals surface area (Å²) in [5.41, 5.74) is 13.5. The topological polar surface area (TPSA) is 23.0 Å². The first kappa shape index (κ1) is 28.0. The van der Waals surface area contributed by atoms with E-state index in [1.165, 1.54) is 54.8 Å². The molecule has 0 aliphatic heterocycles. The zero-order valence-electron chi connectivity index (χ0n) is 27.6. The molecule has 0 aliphatic carbocycles. The Morgan fingerprint density at radius 2 is 0.980 bits per heavy atom. The van der Waals surface area contributed by atoms with Gasteiger partial charge in [-0.3, -0.25) is 0 Å². The van der Waals surface area contributed by atoms with Gasteiger partial charge in [-0.2, -0.15) is 0 Å². The van der Waals surface area contributed by atoms with E-state index in [-0.39, 0.29) is 0 Å². The first-order chi connectivity index (χ1) is 25.3. The molecular weight excluding hydrogens is 621 g/mol. The molecule has 3 heteroatoms. The number of fused-ring (bicyclic) bond motifs is 9. The van der Waals surface area contributed by atoms with E-state index < -0.39 is 0 Å². The molecule has 0 atom stereocenters. The minimum absolute atomic E-state index is 0.895. The third-order valence-corrected chi connectivity index (χ3v) is 10.5. The largest absolute Gasteiger partial charge is 0.454 e. The number of para-hydroxylation sites is 5. The Bertz CT molecular complexity index is 3130. The third-order valence-electron chi connectivity index (χ3n) is 10.5. The molecule has 0 bridgehead atoms. The standard InChI is InChI=1S/C48H30N2O/c1-3-15-31(16-4-1)38-30-45-40(33-19-7-10-24-41(33)49(45)32-17-5-2-6-18-32)29-39(38)35-22-13-26-43-47(35)37-21-8-11-25-42(37)50(43)44-27-14-23-36-34-20-9-12-28-46(34)51-48(36)44/h1-30H. The Balaban J connectivity index is 1.27. The van der Waals surface area contributed by atoms with Gasteiger partial charge in [0.25, 0.3) is 0 Å². The Labute approximate surface area is 293 Å². The van der Waals surface area contributed by atoms with Crippen LogP contribution >= 0.6 is 0 Å². The van der Waals surface area contributed by atoms with Crippen molar-refractivity contribution in [3.63, 3.8) is 0 Å². The van der Waals surface area contributed by atoms with Crippen LogP contribution in [0.1, 0.15) is 0 Å². The maximum absolute atomic E-state index is 6.60. The number of furan rings is 1. The van der Waals surface area contributed by atoms with Crippen molar-refractivity contribution < 1.29 is 4.42 Å². The average molecular weight is 651 g/mol. The molecular formula is C48H30N2O. The van der Waals surface area contributed by atoms with Crippen molar-refractivity contribution in [2.24, 2.45) is 0 Å². The van der Waals surface area contributed by atoms with Crippen LogP contribution < -0.4 is 0 Å². The summed E-state index contributed by atoms with van der Waals surface area (Å²) in [6.07, 6.45) is 0. The van der Waals surface area contributed by atoms with E-state index in [1.54, 1.807) is 0 Å². The highest BCUT2D eigenvalue weighted by molar-refractivity contribution is 6.20. The van der Waals surface area contributed by atoms with Gasteiger partial charge in [0.15, 0.2) is 5.58 Å². The quantitative estimate of drug-likeness (QED) is 0.186. The summed E-state index contributed by atoms with van der Waals surface area (Å²) in [5, 5.41) is 7.16. The fourth-order valence-electron chi connectivity index (χ4n) is 8.36. The van der Waals surface area contributed by atoms with Crippen LogP contribution in [-0.2, 0) is 0 Å². The summed E-state index contributed by atoms with van der Waals surface area (Å²) in [4.78, 5) is 0. The van der Waals surface area contributed by atoms with Crippen LogP contribution in [0.15, 0.2) is 186 Å². The van der Waals surface area contributed by atoms with E-state index in [1.807, 2.05) is 6.07 Å². The molecule has 0 saturated carbocycles. The van der Waals surface area contributed by atoms with E-state index >= 15 is 0 Å². The van der Waals surface area contributed by atoms with Gasteiger partial charge in [-0.1, -0.05) is 127 Å². The highest BCUT2D eigenvalue weighted by Crippen LogP contribution is 2.46. The number of aromatic nitrogens is 2. The molecule has 3 nitrogen and oxygen atoms in total. The van der Waals surface area contributed by atoms with E-state index in [4.69, 9.17) is 4.42 Å². The highest BCUT2D eigenvalue weighted by Gasteiger charge is 2.22. The minimum atomic E-state index is 0.895. The lowest BCUT2D eigenvalue weighted by atomic mass is 9.90. The Kier molecular flexibility index (Phi) is 5.96. The van der Waals surface area contributed by atoms with E-state index in [0.717, 1.165) is 44.3 Å². The maximum atomic E-state index is 6.60. The molecule has 0 amide bonds. The van der Waals surface area contributed by atoms with Gasteiger partial charge in [-0.25, -0.2) is 0 Å². The van der Waals surface area contributed by atoms with Crippen LogP contribution in [0.3, 0.4) is 0 Å². The molecule has 51 heavy (non-hydrogen) atoms. The summed E-state index contributed by atoms with van der Waals surface area (Å²) >= 11 is 0. The monoisotopic (exact) mass is 650 g/mol. The number of nitrogens with zero attached hydrogens (tertiary/aromatic N) is 2. The smallest absolute Gasteiger partial charge is 0.159 e. The van der Waals surface area contributed by atoms with Crippen LogP contribution in [0.5, 0.6) is 0 Å². The summed E-state index contributed by atoms with van der Waals surface area (Å²) < 4.78 is 11.4. The van der Waals surface area contributed by atoms with Crippen LogP contribution in [0.25, 0.3) is 99.2 Å². The van der Waals surface area contributed by atoms with Crippen molar-refractivity contribution in [3.8, 4) is 33.6 Å². The second-order valence-corrected chi connectivity index (χ2v) is 13.3. The van der Waals surface area contributed by atoms with E-state index in [9.17, 15) is 0 Å². The van der Waals surface area contributed by atoms with Gasteiger partial charge in [0.05, 0.1) is 27.8 Å². The highest BCUT2D eigenvalue weighted by atomic mass is 16.3. The first-order valence-corrected chi connectivity index (χ1v) is 17.4. The number of rotatable bonds is 4. The lowest BCUT2D eigenvalue weighted by molar-refractivity contribution is 0.666. The Morgan fingerprint density at radius 1 is 0.353 bits per heavy atom. The molecule has 11 rings (SSSR count). The molecule has 0 radical (unpaired) electrons. The molecule has 0 unspecified atom stereocenters. The van der Waals surface area contributed by atoms with Gasteiger partial charge in [0.2, 0.25) is 0 Å². The van der Waals surface area contributed by atoms with Crippen LogP contribution in [0.4, 0.5) is 0 Å². The number of hydrogen-bond acceptors (Lipinski definition) is 1. The van der Waals surface area contributed by atoms with Crippen LogP contribution in [0.2, 0.25) is 0 Å². The van der Waals surface area contributed by atoms with Crippen molar-refractivity contribution in [1.29, 1.82) is 0 Å². The van der Waals surface area contributed by atoms with Crippen LogP contribution in [0, 0.1) is 0 Å². The van der Waals surface area contributed by atoms with E-state index in [2.05, 4.69) is 185 Å². The predicted molar refractivity (Wildman–Crippen MR) is 213 cm³/mol. The molecule has 3 heterocycles. The second-order valence-electron chi connectivity index (χ2n) is 13.3. The van der Waals surface area contributed by atoms with Crippen molar-refractivity contribution in [2.75, 3.05) is 0 Å². The second kappa shape index (κ2) is 10.8. The third kappa shape index (κ3) is 4.06. The zero-order chi connectivity index (χ0) is 33.5. The van der Waals surface area contributed by atoms with Crippen molar-refractivity contribution in [3.05, 3.63) is 182 Å². The van der Waals surface area contributed by atoms with Crippen molar-refractivity contribution in [1.82, 2.24) is 9.13 Å². The lowest BCUT2D eigenvalue weighted by Crippen LogP contribution is -1.95. The molecule has 0 saturated heterocycles. The number of benzene rings is 8. The number of hydrogen-bond donors (Lipinski definition) is 0. The fraction of sp³-hybridized carbons (Fsp3) is 0. The summed E-state index contributed by atoms with van der Waals surface area (Å²) in [7, 11) is 0. The SMILES string of the molecule is c1ccc(-c2cc3c(cc2-c2cccc4c2c2ccccc2n4-c2cccc4c2oc2ccccc24)c2ccccc2n3-c2ccccc2)cc1. The predicted octanol–water partition coefficient (Wildman–Crippen LogP) is 13.1. The molecule has 8 aromatic carbocycles. The minimum Gasteiger partial charge on any atom is -0.454 e. The van der Waals surface area contributed by atoms with Crippen molar-refractivity contribution in [2.45, 2.75) is 0 Å². The lowest BCUT2D eigenvalue weighted by Gasteiger charge is -2.15. The molecule has 238 valence electrons. The molecule has 11 aromatic rings.